The number of ether oxygens (including phenoxy) is 2. The molecule has 0 amide bonds. The molecule has 0 saturated carbocycles. The highest BCUT2D eigenvalue weighted by atomic mass is 31.2. The SMILES string of the molecule is CC(C)OC(=O)[C@@H](C)NP(=O)(OC[C@H]1O[C@@H](n2cnc3c(=O)[nH]c(N)nc32)[C@@H](C)[C@@H]1O)Oc1ccccc1. The van der Waals surface area contributed by atoms with Gasteiger partial charge in [-0.05, 0) is 32.9 Å². The van der Waals surface area contributed by atoms with E-state index in [4.69, 9.17) is 24.3 Å². The second-order valence-corrected chi connectivity index (χ2v) is 10.9. The number of nitrogen functional groups attached to an aromatic ring is 1. The first-order valence-electron chi connectivity index (χ1n) is 12.0. The van der Waals surface area contributed by atoms with Crippen LogP contribution in [0.15, 0.2) is 41.5 Å². The Bertz CT molecular complexity index is 1380. The van der Waals surface area contributed by atoms with Gasteiger partial charge >= 0.3 is 13.7 Å². The number of carbonyl (C=O) groups is 1. The molecule has 0 spiro atoms. The maximum absolute atomic E-state index is 13.7. The summed E-state index contributed by atoms with van der Waals surface area (Å²) >= 11 is 0. The molecule has 14 nitrogen and oxygen atoms in total. The van der Waals surface area contributed by atoms with Crippen molar-refractivity contribution in [1.29, 1.82) is 0 Å². The van der Waals surface area contributed by atoms with E-state index in [1.54, 1.807) is 51.1 Å². The van der Waals surface area contributed by atoms with Crippen LogP contribution in [0.1, 0.15) is 33.9 Å². The Hall–Kier alpha value is -3.29. The van der Waals surface area contributed by atoms with Crippen LogP contribution >= 0.6 is 7.75 Å². The summed E-state index contributed by atoms with van der Waals surface area (Å²) in [5.74, 6) is -0.984. The predicted molar refractivity (Wildman–Crippen MR) is 136 cm³/mol. The number of H-pyrrole nitrogens is 1. The van der Waals surface area contributed by atoms with Crippen LogP contribution in [0.25, 0.3) is 11.2 Å². The quantitative estimate of drug-likeness (QED) is 0.211. The van der Waals surface area contributed by atoms with E-state index in [-0.39, 0.29) is 35.6 Å². The highest BCUT2D eigenvalue weighted by molar-refractivity contribution is 7.52. The van der Waals surface area contributed by atoms with Gasteiger partial charge in [0.05, 0.1) is 25.1 Å². The number of fused-ring (bicyclic) bond motifs is 1. The first-order chi connectivity index (χ1) is 18.0. The number of imidazole rings is 1. The number of carbonyl (C=O) groups excluding carboxylic acids is 1. The fourth-order valence-electron chi connectivity index (χ4n) is 3.98. The van der Waals surface area contributed by atoms with Crippen LogP contribution in [-0.4, -0.2) is 61.6 Å². The van der Waals surface area contributed by atoms with Crippen molar-refractivity contribution in [2.45, 2.75) is 58.3 Å². The molecule has 4 rings (SSSR count). The molecule has 3 heterocycles. The lowest BCUT2D eigenvalue weighted by Crippen LogP contribution is -2.37. The van der Waals surface area contributed by atoms with Crippen molar-refractivity contribution in [3.05, 3.63) is 47.0 Å². The molecule has 1 unspecified atom stereocenters. The van der Waals surface area contributed by atoms with Gasteiger partial charge in [-0.2, -0.15) is 10.1 Å². The highest BCUT2D eigenvalue weighted by Gasteiger charge is 2.44. The summed E-state index contributed by atoms with van der Waals surface area (Å²) in [6, 6.07) is 7.27. The number of aliphatic hydroxyl groups excluding tert-OH is 1. The molecule has 2 aromatic heterocycles. The van der Waals surface area contributed by atoms with Crippen LogP contribution in [0, 0.1) is 5.92 Å². The van der Waals surface area contributed by atoms with Crippen molar-refractivity contribution in [3.63, 3.8) is 0 Å². The van der Waals surface area contributed by atoms with Crippen LogP contribution in [0.2, 0.25) is 0 Å². The predicted octanol–water partition coefficient (Wildman–Crippen LogP) is 1.73. The lowest BCUT2D eigenvalue weighted by Gasteiger charge is -2.25. The minimum absolute atomic E-state index is 0.0661. The van der Waals surface area contributed by atoms with Crippen LogP contribution in [0.3, 0.4) is 0 Å². The lowest BCUT2D eigenvalue weighted by molar-refractivity contribution is -0.149. The Morgan fingerprint density at radius 3 is 2.71 bits per heavy atom. The van der Waals surface area contributed by atoms with Gasteiger partial charge in [-0.15, -0.1) is 0 Å². The van der Waals surface area contributed by atoms with Gasteiger partial charge in [0.25, 0.3) is 5.56 Å². The van der Waals surface area contributed by atoms with E-state index in [2.05, 4.69) is 20.0 Å². The zero-order chi connectivity index (χ0) is 27.6. The smallest absolute Gasteiger partial charge is 0.459 e. The summed E-state index contributed by atoms with van der Waals surface area (Å²) in [7, 11) is -4.16. The molecule has 206 valence electrons. The Morgan fingerprint density at radius 1 is 1.32 bits per heavy atom. The fraction of sp³-hybridized carbons (Fsp3) is 0.478. The monoisotopic (exact) mass is 550 g/mol. The van der Waals surface area contributed by atoms with Gasteiger partial charge in [-0.1, -0.05) is 25.1 Å². The first kappa shape index (κ1) is 27.7. The minimum Gasteiger partial charge on any atom is -0.462 e. The average molecular weight is 551 g/mol. The van der Waals surface area contributed by atoms with Gasteiger partial charge < -0.3 is 24.8 Å². The Morgan fingerprint density at radius 2 is 2.03 bits per heavy atom. The Labute approximate surface area is 218 Å². The summed E-state index contributed by atoms with van der Waals surface area (Å²) in [5, 5.41) is 13.5. The molecule has 38 heavy (non-hydrogen) atoms. The largest absolute Gasteiger partial charge is 0.462 e. The number of aromatic nitrogens is 4. The number of hydrogen-bond acceptors (Lipinski definition) is 11. The van der Waals surface area contributed by atoms with E-state index < -0.39 is 49.7 Å². The van der Waals surface area contributed by atoms with Crippen LogP contribution < -0.4 is 20.9 Å². The van der Waals surface area contributed by atoms with E-state index in [0.29, 0.717) is 0 Å². The molecular formula is C23H31N6O8P. The molecular weight excluding hydrogens is 519 g/mol. The van der Waals surface area contributed by atoms with Crippen molar-refractivity contribution in [2.24, 2.45) is 5.92 Å². The standard InChI is InChI=1S/C23H31N6O8P/c1-12(2)35-22(32)14(4)28-38(33,37-15-8-6-5-7-9-15)34-10-16-18(30)13(3)21(36-16)29-11-25-17-19(29)26-23(24)27-20(17)31/h5-9,11-14,16,18,21,30H,10H2,1-4H3,(H,28,33)(H3,24,26,27,31)/t13-,14+,16+,18-,21+,38?/m0/s1. The molecule has 1 fully saturated rings. The molecule has 0 radical (unpaired) electrons. The summed E-state index contributed by atoms with van der Waals surface area (Å²) in [5.41, 5.74) is 5.43. The summed E-state index contributed by atoms with van der Waals surface area (Å²) in [4.78, 5) is 35.1. The number of esters is 1. The third kappa shape index (κ3) is 6.05. The van der Waals surface area contributed by atoms with Crippen LogP contribution in [0.5, 0.6) is 5.75 Å². The molecule has 3 aromatic rings. The van der Waals surface area contributed by atoms with Gasteiger partial charge in [-0.25, -0.2) is 9.55 Å². The molecule has 15 heteroatoms. The molecule has 0 aliphatic carbocycles. The number of benzene rings is 1. The average Bonchev–Trinajstić information content (AvgIpc) is 3.39. The van der Waals surface area contributed by atoms with Crippen molar-refractivity contribution >= 4 is 30.8 Å². The minimum atomic E-state index is -4.16. The second kappa shape index (κ2) is 11.2. The normalized spacial score (nSPS) is 23.8. The number of hydrogen-bond donors (Lipinski definition) is 4. The van der Waals surface area contributed by atoms with Crippen molar-refractivity contribution in [1.82, 2.24) is 24.6 Å². The summed E-state index contributed by atoms with van der Waals surface area (Å²) < 4.78 is 37.7. The van der Waals surface area contributed by atoms with Crippen LogP contribution in [0.4, 0.5) is 5.95 Å². The first-order valence-corrected chi connectivity index (χ1v) is 13.5. The molecule has 5 N–H and O–H groups in total. The van der Waals surface area contributed by atoms with Crippen molar-refractivity contribution < 1.29 is 33.0 Å². The zero-order valence-corrected chi connectivity index (χ0v) is 22.2. The number of aliphatic hydroxyl groups is 1. The third-order valence-electron chi connectivity index (χ3n) is 5.84. The Balaban J connectivity index is 1.52. The molecule has 1 aromatic carbocycles. The second-order valence-electron chi connectivity index (χ2n) is 9.22. The van der Waals surface area contributed by atoms with Gasteiger partial charge in [-0.3, -0.25) is 23.7 Å². The number of anilines is 1. The number of rotatable bonds is 10. The number of nitrogens with two attached hydrogens (primary N) is 1. The van der Waals surface area contributed by atoms with Crippen molar-refractivity contribution in [2.75, 3.05) is 12.3 Å². The number of nitrogens with one attached hydrogen (secondary N) is 2. The van der Waals surface area contributed by atoms with Gasteiger partial charge in [0.1, 0.15) is 24.1 Å². The van der Waals surface area contributed by atoms with Gasteiger partial charge in [0.2, 0.25) is 5.95 Å². The third-order valence-corrected chi connectivity index (χ3v) is 7.49. The zero-order valence-electron chi connectivity index (χ0n) is 21.3. The summed E-state index contributed by atoms with van der Waals surface area (Å²) in [6.07, 6.45) is -1.78. The van der Waals surface area contributed by atoms with E-state index >= 15 is 0 Å². The maximum Gasteiger partial charge on any atom is 0.459 e. The molecule has 1 aliphatic heterocycles. The number of para-hydroxylation sites is 1. The van der Waals surface area contributed by atoms with Gasteiger partial charge in [0.15, 0.2) is 11.2 Å². The van der Waals surface area contributed by atoms with E-state index in [0.717, 1.165) is 0 Å². The number of aromatic amines is 1. The highest BCUT2D eigenvalue weighted by Crippen LogP contribution is 2.46. The maximum atomic E-state index is 13.7. The van der Waals surface area contributed by atoms with E-state index in [1.807, 2.05) is 0 Å². The molecule has 6 atom stereocenters. The molecule has 0 bridgehead atoms. The van der Waals surface area contributed by atoms with Crippen LogP contribution in [-0.2, 0) is 23.4 Å². The number of nitrogens with zero attached hydrogens (tertiary/aromatic N) is 3. The Kier molecular flexibility index (Phi) is 8.19. The molecule has 1 saturated heterocycles. The lowest BCUT2D eigenvalue weighted by atomic mass is 10.0. The summed E-state index contributed by atoms with van der Waals surface area (Å²) in [6.45, 7) is 6.24. The molecule has 1 aliphatic rings. The van der Waals surface area contributed by atoms with E-state index in [1.165, 1.54) is 17.8 Å². The van der Waals surface area contributed by atoms with E-state index in [9.17, 15) is 19.3 Å². The van der Waals surface area contributed by atoms with Gasteiger partial charge in [0, 0.05) is 5.92 Å². The van der Waals surface area contributed by atoms with Crippen molar-refractivity contribution in [3.8, 4) is 5.75 Å². The topological polar surface area (TPSA) is 193 Å². The fourth-order valence-corrected chi connectivity index (χ4v) is 5.48.